The van der Waals surface area contributed by atoms with Crippen LogP contribution in [-0.4, -0.2) is 22.2 Å². The zero-order chi connectivity index (χ0) is 13.0. The van der Waals surface area contributed by atoms with Gasteiger partial charge in [0.2, 0.25) is 6.04 Å². The Morgan fingerprint density at radius 2 is 1.76 bits per heavy atom. The zero-order valence-corrected chi connectivity index (χ0v) is 10.2. The van der Waals surface area contributed by atoms with E-state index in [1.165, 1.54) is 6.92 Å². The lowest BCUT2D eigenvalue weighted by Crippen LogP contribution is -2.23. The molecule has 1 rings (SSSR count). The van der Waals surface area contributed by atoms with E-state index in [0.717, 1.165) is 0 Å². The van der Waals surface area contributed by atoms with E-state index in [9.17, 15) is 15.2 Å². The average Bonchev–Trinajstić information content (AvgIpc) is 2.27. The highest BCUT2D eigenvalue weighted by atomic mass is 16.6. The summed E-state index contributed by atoms with van der Waals surface area (Å²) in [6, 6.07) is 5.66. The number of aliphatic hydroxyl groups excluding tert-OH is 1. The van der Waals surface area contributed by atoms with Crippen molar-refractivity contribution in [2.75, 3.05) is 0 Å². The summed E-state index contributed by atoms with van der Waals surface area (Å²) in [6.07, 6.45) is -1.03. The second-order valence-corrected chi connectivity index (χ2v) is 4.21. The van der Waals surface area contributed by atoms with Crippen LogP contribution in [0.1, 0.15) is 32.4 Å². The molecule has 0 aliphatic carbocycles. The van der Waals surface area contributed by atoms with Gasteiger partial charge in [0.15, 0.2) is 0 Å². The standard InChI is InChI=1S/C12H17NO4/c1-8(2)17-11-6-4-10(5-7-11)12(14)9(3)13(15)16/h4-9,12,14H,1-3H3. The summed E-state index contributed by atoms with van der Waals surface area (Å²) in [6.45, 7) is 5.21. The second-order valence-electron chi connectivity index (χ2n) is 4.21. The van der Waals surface area contributed by atoms with Crippen LogP contribution in [0.4, 0.5) is 0 Å². The number of nitrogens with zero attached hydrogens (tertiary/aromatic N) is 1. The third-order valence-corrected chi connectivity index (χ3v) is 2.38. The predicted molar refractivity (Wildman–Crippen MR) is 63.6 cm³/mol. The quantitative estimate of drug-likeness (QED) is 0.631. The van der Waals surface area contributed by atoms with Crippen LogP contribution in [-0.2, 0) is 0 Å². The number of benzene rings is 1. The van der Waals surface area contributed by atoms with E-state index in [-0.39, 0.29) is 6.10 Å². The van der Waals surface area contributed by atoms with E-state index in [1.807, 2.05) is 13.8 Å². The van der Waals surface area contributed by atoms with E-state index >= 15 is 0 Å². The van der Waals surface area contributed by atoms with E-state index in [2.05, 4.69) is 0 Å². The van der Waals surface area contributed by atoms with Gasteiger partial charge in [0.25, 0.3) is 0 Å². The minimum absolute atomic E-state index is 0.0727. The second kappa shape index (κ2) is 5.63. The van der Waals surface area contributed by atoms with Crippen molar-refractivity contribution in [2.24, 2.45) is 0 Å². The summed E-state index contributed by atoms with van der Waals surface area (Å²) in [4.78, 5) is 10.1. The van der Waals surface area contributed by atoms with Gasteiger partial charge in [-0.3, -0.25) is 10.1 Å². The van der Waals surface area contributed by atoms with Crippen molar-refractivity contribution in [1.29, 1.82) is 0 Å². The molecule has 0 amide bonds. The number of hydrogen-bond donors (Lipinski definition) is 1. The Labute approximate surface area is 100 Å². The molecule has 5 nitrogen and oxygen atoms in total. The number of ether oxygens (including phenoxy) is 1. The lowest BCUT2D eigenvalue weighted by molar-refractivity contribution is -0.531. The van der Waals surface area contributed by atoms with Crippen molar-refractivity contribution in [3.63, 3.8) is 0 Å². The molecule has 1 aromatic rings. The molecule has 0 fully saturated rings. The van der Waals surface area contributed by atoms with Crippen molar-refractivity contribution in [3.8, 4) is 5.75 Å². The summed E-state index contributed by atoms with van der Waals surface area (Å²) >= 11 is 0. The molecule has 2 unspecified atom stereocenters. The van der Waals surface area contributed by atoms with E-state index in [0.29, 0.717) is 11.3 Å². The van der Waals surface area contributed by atoms with Crippen molar-refractivity contribution < 1.29 is 14.8 Å². The van der Waals surface area contributed by atoms with Crippen molar-refractivity contribution in [3.05, 3.63) is 39.9 Å². The van der Waals surface area contributed by atoms with Crippen molar-refractivity contribution in [2.45, 2.75) is 39.0 Å². The first-order valence-electron chi connectivity index (χ1n) is 5.50. The molecule has 1 aromatic carbocycles. The number of nitro groups is 1. The minimum Gasteiger partial charge on any atom is -0.491 e. The van der Waals surface area contributed by atoms with Gasteiger partial charge < -0.3 is 9.84 Å². The van der Waals surface area contributed by atoms with E-state index in [1.54, 1.807) is 24.3 Å². The summed E-state index contributed by atoms with van der Waals surface area (Å²) in [5.41, 5.74) is 0.519. The Hall–Kier alpha value is -1.62. The van der Waals surface area contributed by atoms with Crippen LogP contribution >= 0.6 is 0 Å². The van der Waals surface area contributed by atoms with Gasteiger partial charge in [-0.2, -0.15) is 0 Å². The normalized spacial score (nSPS) is 14.4. The Morgan fingerprint density at radius 1 is 1.24 bits per heavy atom. The van der Waals surface area contributed by atoms with E-state index in [4.69, 9.17) is 4.74 Å². The van der Waals surface area contributed by atoms with Gasteiger partial charge in [0.1, 0.15) is 11.9 Å². The largest absolute Gasteiger partial charge is 0.491 e. The SMILES string of the molecule is CC(C)Oc1ccc(C(O)C(C)[N+](=O)[O-])cc1. The predicted octanol–water partition coefficient (Wildman–Crippen LogP) is 2.17. The average molecular weight is 239 g/mol. The lowest BCUT2D eigenvalue weighted by Gasteiger charge is -2.14. The summed E-state index contributed by atoms with van der Waals surface area (Å²) in [5.74, 6) is 0.685. The fourth-order valence-corrected chi connectivity index (χ4v) is 1.41. The minimum atomic E-state index is -1.10. The maximum atomic E-state index is 10.5. The van der Waals surface area contributed by atoms with Crippen molar-refractivity contribution >= 4 is 0 Å². The van der Waals surface area contributed by atoms with Gasteiger partial charge >= 0.3 is 0 Å². The van der Waals surface area contributed by atoms with Crippen LogP contribution in [0.2, 0.25) is 0 Å². The molecule has 0 aromatic heterocycles. The molecule has 2 atom stereocenters. The maximum Gasteiger partial charge on any atom is 0.239 e. The molecule has 0 bridgehead atoms. The first-order valence-corrected chi connectivity index (χ1v) is 5.50. The molecular weight excluding hydrogens is 222 g/mol. The van der Waals surface area contributed by atoms with Gasteiger partial charge in [0.05, 0.1) is 6.10 Å². The highest BCUT2D eigenvalue weighted by Gasteiger charge is 2.25. The van der Waals surface area contributed by atoms with Gasteiger partial charge in [-0.05, 0) is 31.5 Å². The molecule has 17 heavy (non-hydrogen) atoms. The van der Waals surface area contributed by atoms with Crippen molar-refractivity contribution in [1.82, 2.24) is 0 Å². The fraction of sp³-hybridized carbons (Fsp3) is 0.500. The maximum absolute atomic E-state index is 10.5. The smallest absolute Gasteiger partial charge is 0.239 e. The highest BCUT2D eigenvalue weighted by molar-refractivity contribution is 5.29. The monoisotopic (exact) mass is 239 g/mol. The highest BCUT2D eigenvalue weighted by Crippen LogP contribution is 2.22. The first kappa shape index (κ1) is 13.4. The summed E-state index contributed by atoms with van der Waals surface area (Å²) < 4.78 is 5.44. The molecular formula is C12H17NO4. The van der Waals surface area contributed by atoms with Crippen LogP contribution in [0.5, 0.6) is 5.75 Å². The molecule has 5 heteroatoms. The van der Waals surface area contributed by atoms with Crippen LogP contribution in [0.15, 0.2) is 24.3 Å². The summed E-state index contributed by atoms with van der Waals surface area (Å²) in [5, 5.41) is 20.3. The molecule has 0 aliphatic heterocycles. The van der Waals surface area contributed by atoms with Crippen LogP contribution < -0.4 is 4.74 Å². The van der Waals surface area contributed by atoms with Crippen LogP contribution in [0.3, 0.4) is 0 Å². The van der Waals surface area contributed by atoms with Gasteiger partial charge in [-0.15, -0.1) is 0 Å². The Balaban J connectivity index is 2.76. The Bertz CT molecular complexity index is 375. The molecule has 1 N–H and O–H groups in total. The van der Waals surface area contributed by atoms with Gasteiger partial charge in [-0.1, -0.05) is 12.1 Å². The number of rotatable bonds is 5. The molecule has 0 spiro atoms. The molecule has 94 valence electrons. The molecule has 0 heterocycles. The topological polar surface area (TPSA) is 72.6 Å². The third kappa shape index (κ3) is 3.71. The lowest BCUT2D eigenvalue weighted by atomic mass is 10.0. The van der Waals surface area contributed by atoms with E-state index < -0.39 is 17.1 Å². The molecule has 0 saturated heterocycles. The molecule has 0 saturated carbocycles. The van der Waals surface area contributed by atoms with Crippen LogP contribution in [0, 0.1) is 10.1 Å². The molecule has 0 aliphatic rings. The molecule has 0 radical (unpaired) electrons. The van der Waals surface area contributed by atoms with Gasteiger partial charge in [0, 0.05) is 11.8 Å². The van der Waals surface area contributed by atoms with Crippen LogP contribution in [0.25, 0.3) is 0 Å². The zero-order valence-electron chi connectivity index (χ0n) is 10.2. The Morgan fingerprint density at radius 3 is 2.18 bits per heavy atom. The Kier molecular flexibility index (Phi) is 4.45. The first-order chi connectivity index (χ1) is 7.91. The van der Waals surface area contributed by atoms with Gasteiger partial charge in [-0.25, -0.2) is 0 Å². The fourth-order valence-electron chi connectivity index (χ4n) is 1.41. The summed E-state index contributed by atoms with van der Waals surface area (Å²) in [7, 11) is 0. The third-order valence-electron chi connectivity index (χ3n) is 2.38. The number of hydrogen-bond acceptors (Lipinski definition) is 4. The number of aliphatic hydroxyl groups is 1.